The summed E-state index contributed by atoms with van der Waals surface area (Å²) < 4.78 is 45.1. The highest BCUT2D eigenvalue weighted by Gasteiger charge is 2.29. The lowest BCUT2D eigenvalue weighted by atomic mass is 10.0. The Morgan fingerprint density at radius 3 is 2.76 bits per heavy atom. The molecule has 0 atom stereocenters. The zero-order valence-electron chi connectivity index (χ0n) is 18.1. The van der Waals surface area contributed by atoms with E-state index in [-0.39, 0.29) is 5.56 Å². The minimum Gasteiger partial charge on any atom is -0.477 e. The third-order valence-corrected chi connectivity index (χ3v) is 5.10. The van der Waals surface area contributed by atoms with Crippen molar-refractivity contribution in [2.75, 3.05) is 25.5 Å². The summed E-state index contributed by atoms with van der Waals surface area (Å²) in [6, 6.07) is 10.3. The van der Waals surface area contributed by atoms with Gasteiger partial charge >= 0.3 is 6.18 Å². The number of nitrogens with one attached hydrogen (secondary N) is 1. The molecule has 0 aliphatic carbocycles. The van der Waals surface area contributed by atoms with Crippen molar-refractivity contribution in [3.8, 4) is 17.1 Å². The number of anilines is 2. The highest BCUT2D eigenvalue weighted by Crippen LogP contribution is 2.28. The van der Waals surface area contributed by atoms with Crippen molar-refractivity contribution in [1.29, 1.82) is 0 Å². The lowest BCUT2D eigenvalue weighted by Crippen LogP contribution is -2.20. The number of benzene rings is 1. The van der Waals surface area contributed by atoms with E-state index in [4.69, 9.17) is 4.74 Å². The van der Waals surface area contributed by atoms with Crippen molar-refractivity contribution >= 4 is 11.6 Å². The van der Waals surface area contributed by atoms with Crippen LogP contribution in [-0.2, 0) is 13.0 Å². The van der Waals surface area contributed by atoms with Gasteiger partial charge in [0.05, 0.1) is 18.7 Å². The SMILES string of the molecule is CN1CC=CCCOc2cc(ccn2)-c2ccnc(n2)Nc2ccc(CC(F)(F)F)c(c2)C1. The van der Waals surface area contributed by atoms with Gasteiger partial charge < -0.3 is 10.1 Å². The molecule has 0 radical (unpaired) electrons. The first kappa shape index (κ1) is 22.7. The summed E-state index contributed by atoms with van der Waals surface area (Å²) in [6.45, 7) is 1.43. The minimum absolute atomic E-state index is 0.255. The largest absolute Gasteiger partial charge is 0.477 e. The van der Waals surface area contributed by atoms with Gasteiger partial charge in [0.2, 0.25) is 11.8 Å². The number of nitrogens with zero attached hydrogens (tertiary/aromatic N) is 4. The number of halogens is 3. The van der Waals surface area contributed by atoms with Crippen LogP contribution in [0.3, 0.4) is 0 Å². The number of ether oxygens (including phenoxy) is 1. The van der Waals surface area contributed by atoms with E-state index < -0.39 is 12.6 Å². The highest BCUT2D eigenvalue weighted by molar-refractivity contribution is 5.63. The van der Waals surface area contributed by atoms with Gasteiger partial charge in [0.15, 0.2) is 0 Å². The second kappa shape index (κ2) is 9.99. The van der Waals surface area contributed by atoms with E-state index >= 15 is 0 Å². The molecule has 0 spiro atoms. The fraction of sp³-hybridized carbons (Fsp3) is 0.292. The Labute approximate surface area is 190 Å². The third kappa shape index (κ3) is 6.52. The Kier molecular flexibility index (Phi) is 6.88. The Bertz CT molecular complexity index is 1130. The number of hydrogen-bond acceptors (Lipinski definition) is 6. The molecule has 2 aromatic heterocycles. The molecule has 0 amide bonds. The van der Waals surface area contributed by atoms with Crippen molar-refractivity contribution in [3.63, 3.8) is 0 Å². The fourth-order valence-corrected chi connectivity index (χ4v) is 3.55. The van der Waals surface area contributed by atoms with Crippen molar-refractivity contribution in [3.05, 3.63) is 72.1 Å². The summed E-state index contributed by atoms with van der Waals surface area (Å²) in [4.78, 5) is 15.0. The number of pyridine rings is 1. The number of alkyl halides is 3. The van der Waals surface area contributed by atoms with Crippen molar-refractivity contribution in [1.82, 2.24) is 19.9 Å². The second-order valence-electron chi connectivity index (χ2n) is 7.85. The highest BCUT2D eigenvalue weighted by atomic mass is 19.4. The van der Waals surface area contributed by atoms with Gasteiger partial charge in [-0.25, -0.2) is 15.0 Å². The molecule has 33 heavy (non-hydrogen) atoms. The van der Waals surface area contributed by atoms with Gasteiger partial charge in [-0.15, -0.1) is 0 Å². The van der Waals surface area contributed by atoms with E-state index in [0.717, 1.165) is 5.56 Å². The molecule has 3 heterocycles. The van der Waals surface area contributed by atoms with Crippen LogP contribution in [0.25, 0.3) is 11.3 Å². The maximum Gasteiger partial charge on any atom is 0.393 e. The van der Waals surface area contributed by atoms with Gasteiger partial charge in [0, 0.05) is 42.8 Å². The van der Waals surface area contributed by atoms with Crippen LogP contribution in [0.1, 0.15) is 17.5 Å². The predicted octanol–water partition coefficient (Wildman–Crippen LogP) is 5.16. The average molecular weight is 455 g/mol. The molecule has 172 valence electrons. The van der Waals surface area contributed by atoms with Crippen LogP contribution < -0.4 is 10.1 Å². The summed E-state index contributed by atoms with van der Waals surface area (Å²) >= 11 is 0. The van der Waals surface area contributed by atoms with Gasteiger partial charge in [-0.05, 0) is 48.9 Å². The molecule has 1 aromatic carbocycles. The normalized spacial score (nSPS) is 15.2. The number of hydrogen-bond donors (Lipinski definition) is 1. The zero-order chi connectivity index (χ0) is 23.3. The smallest absolute Gasteiger partial charge is 0.393 e. The summed E-state index contributed by atoms with van der Waals surface area (Å²) in [7, 11) is 1.87. The lowest BCUT2D eigenvalue weighted by molar-refractivity contribution is -0.127. The van der Waals surface area contributed by atoms with Crippen molar-refractivity contribution in [2.45, 2.75) is 25.6 Å². The monoisotopic (exact) mass is 455 g/mol. The summed E-state index contributed by atoms with van der Waals surface area (Å²) in [6.07, 6.45) is 2.71. The molecule has 1 aliphatic rings. The standard InChI is InChI=1S/C24H24F3N5O/c1-32-11-3-2-4-12-33-22-14-17(7-9-28-22)21-8-10-29-23(31-21)30-20-6-5-18(15-24(25,26)27)19(13-20)16-32/h2-3,5-10,13-14H,4,11-12,15-16H2,1H3,(H,29,30,31). The molecular formula is C24H24F3N5O. The molecule has 6 bridgehead atoms. The Morgan fingerprint density at radius 1 is 1.06 bits per heavy atom. The third-order valence-electron chi connectivity index (χ3n) is 5.10. The van der Waals surface area contributed by atoms with Crippen LogP contribution in [0.15, 0.2) is 60.9 Å². The molecule has 6 nitrogen and oxygen atoms in total. The average Bonchev–Trinajstić information content (AvgIpc) is 2.77. The second-order valence-corrected chi connectivity index (χ2v) is 7.85. The topological polar surface area (TPSA) is 63.2 Å². The van der Waals surface area contributed by atoms with Crippen molar-refractivity contribution < 1.29 is 17.9 Å². The van der Waals surface area contributed by atoms with Crippen LogP contribution in [0.5, 0.6) is 5.88 Å². The first-order valence-electron chi connectivity index (χ1n) is 10.6. The maximum absolute atomic E-state index is 13.1. The number of aromatic nitrogens is 3. The minimum atomic E-state index is -4.28. The fourth-order valence-electron chi connectivity index (χ4n) is 3.55. The van der Waals surface area contributed by atoms with Gasteiger partial charge in [-0.2, -0.15) is 13.2 Å². The molecule has 4 rings (SSSR count). The van der Waals surface area contributed by atoms with E-state index in [1.54, 1.807) is 30.6 Å². The van der Waals surface area contributed by atoms with Crippen LogP contribution in [-0.4, -0.2) is 46.2 Å². The lowest BCUT2D eigenvalue weighted by Gasteiger charge is -2.19. The molecule has 0 saturated heterocycles. The van der Waals surface area contributed by atoms with E-state index in [2.05, 4.69) is 20.3 Å². The van der Waals surface area contributed by atoms with Crippen LogP contribution in [0, 0.1) is 0 Å². The number of rotatable bonds is 1. The molecular weight excluding hydrogens is 431 g/mol. The molecule has 1 aliphatic heterocycles. The van der Waals surface area contributed by atoms with Crippen LogP contribution in [0.2, 0.25) is 0 Å². The summed E-state index contributed by atoms with van der Waals surface area (Å²) in [5.74, 6) is 0.857. The molecule has 3 aromatic rings. The van der Waals surface area contributed by atoms with Gasteiger partial charge in [0.25, 0.3) is 0 Å². The molecule has 9 heteroatoms. The maximum atomic E-state index is 13.1. The van der Waals surface area contributed by atoms with Crippen LogP contribution in [0.4, 0.5) is 24.8 Å². The van der Waals surface area contributed by atoms with E-state index in [0.29, 0.717) is 54.9 Å². The molecule has 0 unspecified atom stereocenters. The van der Waals surface area contributed by atoms with Gasteiger partial charge in [-0.1, -0.05) is 18.2 Å². The zero-order valence-corrected chi connectivity index (χ0v) is 18.1. The van der Waals surface area contributed by atoms with Gasteiger partial charge in [-0.3, -0.25) is 4.90 Å². The predicted molar refractivity (Wildman–Crippen MR) is 120 cm³/mol. The van der Waals surface area contributed by atoms with Crippen LogP contribution >= 0.6 is 0 Å². The Balaban J connectivity index is 1.70. The number of fused-ring (bicyclic) bond motifs is 7. The first-order chi connectivity index (χ1) is 15.9. The first-order valence-corrected chi connectivity index (χ1v) is 10.6. The molecule has 0 fully saturated rings. The summed E-state index contributed by atoms with van der Waals surface area (Å²) in [5.41, 5.74) is 2.98. The molecule has 0 saturated carbocycles. The molecule has 1 N–H and O–H groups in total. The van der Waals surface area contributed by atoms with E-state index in [9.17, 15) is 13.2 Å². The Morgan fingerprint density at radius 2 is 1.91 bits per heavy atom. The van der Waals surface area contributed by atoms with E-state index in [1.165, 1.54) is 6.07 Å². The summed E-state index contributed by atoms with van der Waals surface area (Å²) in [5, 5.41) is 3.12. The quantitative estimate of drug-likeness (QED) is 0.512. The Hall–Kier alpha value is -3.46. The van der Waals surface area contributed by atoms with Gasteiger partial charge in [0.1, 0.15) is 0 Å². The van der Waals surface area contributed by atoms with Crippen molar-refractivity contribution in [2.24, 2.45) is 0 Å². The van der Waals surface area contributed by atoms with E-state index in [1.807, 2.05) is 36.2 Å². The number of likely N-dealkylation sites (N-methyl/N-ethyl adjacent to an activating group) is 1.